The van der Waals surface area contributed by atoms with Crippen molar-refractivity contribution in [2.24, 2.45) is 0 Å². The van der Waals surface area contributed by atoms with Gasteiger partial charge in [-0.15, -0.1) is 0 Å². The van der Waals surface area contributed by atoms with E-state index in [0.29, 0.717) is 6.42 Å². The molecule has 2 rings (SSSR count). The summed E-state index contributed by atoms with van der Waals surface area (Å²) in [7, 11) is 0. The SMILES string of the molecule is O=C(O)C1Cc2ccccc2N1CCCCCO. The van der Waals surface area contributed by atoms with Gasteiger partial charge in [-0.3, -0.25) is 0 Å². The molecule has 1 atom stereocenters. The fraction of sp³-hybridized carbons (Fsp3) is 0.500. The van der Waals surface area contributed by atoms with Crippen molar-refractivity contribution in [1.82, 2.24) is 0 Å². The number of anilines is 1. The van der Waals surface area contributed by atoms with Gasteiger partial charge in [0.25, 0.3) is 0 Å². The highest BCUT2D eigenvalue weighted by Crippen LogP contribution is 2.32. The summed E-state index contributed by atoms with van der Waals surface area (Å²) >= 11 is 0. The molecule has 2 N–H and O–H groups in total. The Hall–Kier alpha value is -1.55. The van der Waals surface area contributed by atoms with Crippen molar-refractivity contribution in [2.75, 3.05) is 18.1 Å². The van der Waals surface area contributed by atoms with Crippen molar-refractivity contribution < 1.29 is 15.0 Å². The van der Waals surface area contributed by atoms with Crippen LogP contribution in [0.15, 0.2) is 24.3 Å². The molecule has 1 aliphatic heterocycles. The van der Waals surface area contributed by atoms with Crippen LogP contribution in [0, 0.1) is 0 Å². The molecule has 18 heavy (non-hydrogen) atoms. The zero-order valence-corrected chi connectivity index (χ0v) is 10.4. The van der Waals surface area contributed by atoms with Crippen molar-refractivity contribution in [3.8, 4) is 0 Å². The second kappa shape index (κ2) is 5.87. The maximum absolute atomic E-state index is 11.3. The summed E-state index contributed by atoms with van der Waals surface area (Å²) in [6.45, 7) is 0.951. The highest BCUT2D eigenvalue weighted by Gasteiger charge is 2.33. The maximum atomic E-state index is 11.3. The van der Waals surface area contributed by atoms with Crippen molar-refractivity contribution in [3.05, 3.63) is 29.8 Å². The van der Waals surface area contributed by atoms with Gasteiger partial charge in [-0.2, -0.15) is 0 Å². The summed E-state index contributed by atoms with van der Waals surface area (Å²) in [5, 5.41) is 18.0. The highest BCUT2D eigenvalue weighted by molar-refractivity contribution is 5.82. The van der Waals surface area contributed by atoms with E-state index in [1.807, 2.05) is 29.2 Å². The maximum Gasteiger partial charge on any atom is 0.326 e. The molecule has 0 fully saturated rings. The molecule has 1 unspecified atom stereocenters. The molecular weight excluding hydrogens is 230 g/mol. The van der Waals surface area contributed by atoms with E-state index in [2.05, 4.69) is 0 Å². The minimum atomic E-state index is -0.756. The summed E-state index contributed by atoms with van der Waals surface area (Å²) in [5.41, 5.74) is 2.17. The predicted molar refractivity (Wildman–Crippen MR) is 69.9 cm³/mol. The zero-order valence-electron chi connectivity index (χ0n) is 10.4. The van der Waals surface area contributed by atoms with Crippen LogP contribution in [0.25, 0.3) is 0 Å². The van der Waals surface area contributed by atoms with Crippen LogP contribution in [0.2, 0.25) is 0 Å². The topological polar surface area (TPSA) is 60.8 Å². The van der Waals surface area contributed by atoms with Gasteiger partial charge in [-0.1, -0.05) is 18.2 Å². The first-order chi connectivity index (χ1) is 8.74. The van der Waals surface area contributed by atoms with Crippen LogP contribution >= 0.6 is 0 Å². The van der Waals surface area contributed by atoms with E-state index in [-0.39, 0.29) is 6.61 Å². The number of para-hydroxylation sites is 1. The van der Waals surface area contributed by atoms with E-state index in [1.54, 1.807) is 0 Å². The summed E-state index contributed by atoms with van der Waals surface area (Å²) in [6, 6.07) is 7.46. The van der Waals surface area contributed by atoms with Gasteiger partial charge >= 0.3 is 5.97 Å². The molecule has 0 bridgehead atoms. The molecule has 0 saturated carbocycles. The number of hydrogen-bond donors (Lipinski definition) is 2. The third-order valence-electron chi connectivity index (χ3n) is 3.43. The first-order valence-electron chi connectivity index (χ1n) is 6.42. The van der Waals surface area contributed by atoms with Gasteiger partial charge in [0.05, 0.1) is 0 Å². The molecule has 1 aromatic carbocycles. The van der Waals surface area contributed by atoms with Gasteiger partial charge in [0.2, 0.25) is 0 Å². The molecule has 1 aliphatic rings. The molecule has 0 spiro atoms. The number of rotatable bonds is 6. The van der Waals surface area contributed by atoms with Crippen LogP contribution in [-0.2, 0) is 11.2 Å². The Bertz CT molecular complexity index is 419. The Kier molecular flexibility index (Phi) is 4.20. The molecule has 0 amide bonds. The number of aliphatic carboxylic acids is 1. The lowest BCUT2D eigenvalue weighted by molar-refractivity contribution is -0.138. The van der Waals surface area contributed by atoms with Gasteiger partial charge in [0.15, 0.2) is 0 Å². The summed E-state index contributed by atoms with van der Waals surface area (Å²) in [6.07, 6.45) is 3.22. The van der Waals surface area contributed by atoms with E-state index in [9.17, 15) is 9.90 Å². The lowest BCUT2D eigenvalue weighted by atomic mass is 10.1. The van der Waals surface area contributed by atoms with E-state index in [1.165, 1.54) is 0 Å². The number of carboxylic acid groups (broad SMARTS) is 1. The number of aliphatic hydroxyl groups excluding tert-OH is 1. The molecule has 0 aliphatic carbocycles. The number of benzene rings is 1. The fourth-order valence-electron chi connectivity index (χ4n) is 2.52. The number of carboxylic acids is 1. The molecule has 0 aromatic heterocycles. The molecule has 98 valence electrons. The molecule has 4 nitrogen and oxygen atoms in total. The Morgan fingerprint density at radius 2 is 2.06 bits per heavy atom. The van der Waals surface area contributed by atoms with Crippen LogP contribution in [0.1, 0.15) is 24.8 Å². The third-order valence-corrected chi connectivity index (χ3v) is 3.43. The Morgan fingerprint density at radius 1 is 1.28 bits per heavy atom. The first kappa shape index (κ1) is 12.9. The minimum Gasteiger partial charge on any atom is -0.480 e. The average molecular weight is 249 g/mol. The lowest BCUT2D eigenvalue weighted by Gasteiger charge is -2.24. The van der Waals surface area contributed by atoms with Crippen molar-refractivity contribution in [2.45, 2.75) is 31.7 Å². The van der Waals surface area contributed by atoms with Gasteiger partial charge in [-0.25, -0.2) is 4.79 Å². The fourth-order valence-corrected chi connectivity index (χ4v) is 2.52. The number of fused-ring (bicyclic) bond motifs is 1. The quantitative estimate of drug-likeness (QED) is 0.753. The Morgan fingerprint density at radius 3 is 2.78 bits per heavy atom. The van der Waals surface area contributed by atoms with Crippen LogP contribution < -0.4 is 4.90 Å². The van der Waals surface area contributed by atoms with Crippen LogP contribution in [-0.4, -0.2) is 35.4 Å². The predicted octanol–water partition coefficient (Wildman–Crippen LogP) is 1.66. The summed E-state index contributed by atoms with van der Waals surface area (Å²) in [5.74, 6) is -0.756. The van der Waals surface area contributed by atoms with Crippen LogP contribution in [0.4, 0.5) is 5.69 Å². The Labute approximate surface area is 107 Å². The average Bonchev–Trinajstić information content (AvgIpc) is 2.74. The van der Waals surface area contributed by atoms with E-state index >= 15 is 0 Å². The van der Waals surface area contributed by atoms with Crippen LogP contribution in [0.3, 0.4) is 0 Å². The van der Waals surface area contributed by atoms with Gasteiger partial charge in [0, 0.05) is 25.3 Å². The van der Waals surface area contributed by atoms with E-state index in [4.69, 9.17) is 5.11 Å². The highest BCUT2D eigenvalue weighted by atomic mass is 16.4. The summed E-state index contributed by atoms with van der Waals surface area (Å²) < 4.78 is 0. The summed E-state index contributed by atoms with van der Waals surface area (Å²) in [4.78, 5) is 13.3. The number of hydrogen-bond acceptors (Lipinski definition) is 3. The monoisotopic (exact) mass is 249 g/mol. The molecule has 0 radical (unpaired) electrons. The lowest BCUT2D eigenvalue weighted by Crippen LogP contribution is -2.39. The number of aliphatic hydroxyl groups is 1. The van der Waals surface area contributed by atoms with Gasteiger partial charge in [0.1, 0.15) is 6.04 Å². The van der Waals surface area contributed by atoms with E-state index < -0.39 is 12.0 Å². The van der Waals surface area contributed by atoms with E-state index in [0.717, 1.165) is 37.1 Å². The second-order valence-corrected chi connectivity index (χ2v) is 4.66. The van der Waals surface area contributed by atoms with Crippen molar-refractivity contribution in [3.63, 3.8) is 0 Å². The molecule has 0 saturated heterocycles. The molecule has 1 aromatic rings. The van der Waals surface area contributed by atoms with Crippen molar-refractivity contribution >= 4 is 11.7 Å². The molecule has 1 heterocycles. The van der Waals surface area contributed by atoms with Crippen molar-refractivity contribution in [1.29, 1.82) is 0 Å². The minimum absolute atomic E-state index is 0.207. The van der Waals surface area contributed by atoms with Gasteiger partial charge < -0.3 is 15.1 Å². The van der Waals surface area contributed by atoms with Gasteiger partial charge in [-0.05, 0) is 30.9 Å². The molecular formula is C14H19NO3. The number of nitrogens with zero attached hydrogens (tertiary/aromatic N) is 1. The molecule has 4 heteroatoms. The normalized spacial score (nSPS) is 17.8. The smallest absolute Gasteiger partial charge is 0.326 e. The Balaban J connectivity index is 2.06. The van der Waals surface area contributed by atoms with Crippen LogP contribution in [0.5, 0.6) is 0 Å². The number of carbonyl (C=O) groups is 1. The largest absolute Gasteiger partial charge is 0.480 e. The first-order valence-corrected chi connectivity index (χ1v) is 6.42. The standard InChI is InChI=1S/C14H19NO3/c16-9-5-1-4-8-15-12-7-3-2-6-11(12)10-13(15)14(17)18/h2-3,6-7,13,16H,1,4-5,8-10H2,(H,17,18). The number of unbranched alkanes of at least 4 members (excludes halogenated alkanes) is 2. The third kappa shape index (κ3) is 2.64. The second-order valence-electron chi connectivity index (χ2n) is 4.66. The zero-order chi connectivity index (χ0) is 13.0.